The van der Waals surface area contributed by atoms with Gasteiger partial charge in [0.05, 0.1) is 0 Å². The Bertz CT molecular complexity index is 313. The van der Waals surface area contributed by atoms with Crippen molar-refractivity contribution in [3.05, 3.63) is 28.7 Å². The summed E-state index contributed by atoms with van der Waals surface area (Å²) in [6.07, 6.45) is 1.15. The topological polar surface area (TPSA) is 29.3 Å². The molecule has 2 unspecified atom stereocenters. The van der Waals surface area contributed by atoms with Crippen LogP contribution < -0.4 is 10.6 Å². The number of hydrogen-bond donors (Lipinski definition) is 1. The second kappa shape index (κ2) is 4.54. The zero-order chi connectivity index (χ0) is 10.8. The molecule has 0 spiro atoms. The van der Waals surface area contributed by atoms with E-state index < -0.39 is 0 Å². The van der Waals surface area contributed by atoms with Crippen molar-refractivity contribution in [1.29, 1.82) is 0 Å². The fourth-order valence-corrected chi connectivity index (χ4v) is 2.53. The Balaban J connectivity index is 2.12. The van der Waals surface area contributed by atoms with E-state index in [2.05, 4.69) is 52.0 Å². The van der Waals surface area contributed by atoms with E-state index >= 15 is 0 Å². The largest absolute Gasteiger partial charge is 0.370 e. The van der Waals surface area contributed by atoms with Crippen molar-refractivity contribution in [3.8, 4) is 0 Å². The third kappa shape index (κ3) is 2.73. The van der Waals surface area contributed by atoms with Gasteiger partial charge in [0.25, 0.3) is 0 Å². The van der Waals surface area contributed by atoms with E-state index in [-0.39, 0.29) is 0 Å². The summed E-state index contributed by atoms with van der Waals surface area (Å²) in [4.78, 5) is 2.38. The van der Waals surface area contributed by atoms with Crippen LogP contribution >= 0.6 is 15.9 Å². The van der Waals surface area contributed by atoms with Gasteiger partial charge in [0.1, 0.15) is 0 Å². The van der Waals surface area contributed by atoms with Gasteiger partial charge in [-0.1, -0.05) is 22.9 Å². The van der Waals surface area contributed by atoms with E-state index in [1.165, 1.54) is 5.69 Å². The predicted octanol–water partition coefficient (Wildman–Crippen LogP) is 2.62. The first-order chi connectivity index (χ1) is 7.15. The van der Waals surface area contributed by atoms with Gasteiger partial charge in [0.2, 0.25) is 0 Å². The molecule has 0 aliphatic carbocycles. The molecule has 2 rings (SSSR count). The molecule has 1 fully saturated rings. The zero-order valence-corrected chi connectivity index (χ0v) is 10.6. The van der Waals surface area contributed by atoms with Gasteiger partial charge in [0.15, 0.2) is 0 Å². The fraction of sp³-hybridized carbons (Fsp3) is 0.500. The summed E-state index contributed by atoms with van der Waals surface area (Å²) >= 11 is 3.45. The molecule has 1 heterocycles. The van der Waals surface area contributed by atoms with Crippen molar-refractivity contribution in [3.63, 3.8) is 0 Å². The lowest BCUT2D eigenvalue weighted by atomic mass is 9.96. The molecule has 15 heavy (non-hydrogen) atoms. The van der Waals surface area contributed by atoms with Crippen molar-refractivity contribution in [2.45, 2.75) is 19.4 Å². The first kappa shape index (κ1) is 11.0. The third-order valence-electron chi connectivity index (χ3n) is 2.88. The molecule has 1 saturated heterocycles. The minimum Gasteiger partial charge on any atom is -0.370 e. The monoisotopic (exact) mass is 268 g/mol. The molecule has 1 aliphatic rings. The highest BCUT2D eigenvalue weighted by atomic mass is 79.9. The number of piperidine rings is 1. The second-order valence-electron chi connectivity index (χ2n) is 4.48. The molecule has 1 aromatic rings. The predicted molar refractivity (Wildman–Crippen MR) is 68.1 cm³/mol. The molecule has 0 amide bonds. The van der Waals surface area contributed by atoms with E-state index in [1.807, 2.05) is 0 Å². The molecule has 3 heteroatoms. The van der Waals surface area contributed by atoms with Gasteiger partial charge in [-0.2, -0.15) is 0 Å². The molecule has 1 aromatic carbocycles. The van der Waals surface area contributed by atoms with Crippen LogP contribution in [0.4, 0.5) is 5.69 Å². The Kier molecular flexibility index (Phi) is 3.32. The minimum absolute atomic E-state index is 0.317. The molecule has 0 bridgehead atoms. The van der Waals surface area contributed by atoms with E-state index in [0.717, 1.165) is 24.0 Å². The highest BCUT2D eigenvalue weighted by Crippen LogP contribution is 2.23. The summed E-state index contributed by atoms with van der Waals surface area (Å²) in [6, 6.07) is 8.78. The van der Waals surface area contributed by atoms with Crippen molar-refractivity contribution in [1.82, 2.24) is 0 Å². The summed E-state index contributed by atoms with van der Waals surface area (Å²) < 4.78 is 1.13. The van der Waals surface area contributed by atoms with Crippen molar-refractivity contribution in [2.75, 3.05) is 18.0 Å². The number of hydrogen-bond acceptors (Lipinski definition) is 2. The number of halogens is 1. The van der Waals surface area contributed by atoms with E-state index in [0.29, 0.717) is 12.0 Å². The minimum atomic E-state index is 0.317. The molecular weight excluding hydrogens is 252 g/mol. The van der Waals surface area contributed by atoms with Crippen LogP contribution in [-0.2, 0) is 0 Å². The number of anilines is 1. The maximum absolute atomic E-state index is 6.03. The SMILES string of the molecule is CC1CC(N)CN(c2ccc(Br)cc2)C1. The highest BCUT2D eigenvalue weighted by molar-refractivity contribution is 9.10. The standard InChI is InChI=1S/C12H17BrN2/c1-9-6-11(14)8-15(7-9)12-4-2-10(13)3-5-12/h2-5,9,11H,6-8,14H2,1H3. The Morgan fingerprint density at radius 1 is 1.27 bits per heavy atom. The van der Waals surface area contributed by atoms with Gasteiger partial charge < -0.3 is 10.6 Å². The van der Waals surface area contributed by atoms with Crippen molar-refractivity contribution >= 4 is 21.6 Å². The Morgan fingerprint density at radius 2 is 1.93 bits per heavy atom. The van der Waals surface area contributed by atoms with Crippen LogP contribution in [0.15, 0.2) is 28.7 Å². The molecule has 2 nitrogen and oxygen atoms in total. The normalized spacial score (nSPS) is 26.7. The molecule has 1 aliphatic heterocycles. The summed E-state index contributed by atoms with van der Waals surface area (Å²) in [7, 11) is 0. The van der Waals surface area contributed by atoms with Crippen LogP contribution in [0.5, 0.6) is 0 Å². The average Bonchev–Trinajstić information content (AvgIpc) is 2.17. The zero-order valence-electron chi connectivity index (χ0n) is 8.99. The summed E-state index contributed by atoms with van der Waals surface area (Å²) in [5.74, 6) is 0.692. The Hall–Kier alpha value is -0.540. The first-order valence-corrected chi connectivity index (χ1v) is 6.20. The van der Waals surface area contributed by atoms with Crippen LogP contribution in [0, 0.1) is 5.92 Å². The lowest BCUT2D eigenvalue weighted by Crippen LogP contribution is -2.46. The third-order valence-corrected chi connectivity index (χ3v) is 3.41. The molecule has 2 atom stereocenters. The van der Waals surface area contributed by atoms with Gasteiger partial charge in [-0.25, -0.2) is 0 Å². The highest BCUT2D eigenvalue weighted by Gasteiger charge is 2.21. The molecule has 2 N–H and O–H groups in total. The molecule has 0 radical (unpaired) electrons. The summed E-state index contributed by atoms with van der Waals surface area (Å²) in [5.41, 5.74) is 7.31. The summed E-state index contributed by atoms with van der Waals surface area (Å²) in [6.45, 7) is 4.37. The molecule has 0 saturated carbocycles. The molecule has 0 aromatic heterocycles. The first-order valence-electron chi connectivity index (χ1n) is 5.41. The van der Waals surface area contributed by atoms with Crippen LogP contribution in [0.2, 0.25) is 0 Å². The number of benzene rings is 1. The fourth-order valence-electron chi connectivity index (χ4n) is 2.26. The van der Waals surface area contributed by atoms with Gasteiger partial charge in [-0.05, 0) is 36.6 Å². The van der Waals surface area contributed by atoms with Gasteiger partial charge in [-0.3, -0.25) is 0 Å². The number of rotatable bonds is 1. The van der Waals surface area contributed by atoms with Crippen LogP contribution in [0.1, 0.15) is 13.3 Å². The molecule has 82 valence electrons. The van der Waals surface area contributed by atoms with Crippen molar-refractivity contribution in [2.24, 2.45) is 11.7 Å². The van der Waals surface area contributed by atoms with Crippen molar-refractivity contribution < 1.29 is 0 Å². The van der Waals surface area contributed by atoms with Gasteiger partial charge in [-0.15, -0.1) is 0 Å². The van der Waals surface area contributed by atoms with E-state index in [4.69, 9.17) is 5.73 Å². The van der Waals surface area contributed by atoms with Crippen LogP contribution in [0.3, 0.4) is 0 Å². The maximum atomic E-state index is 6.03. The lowest BCUT2D eigenvalue weighted by Gasteiger charge is -2.36. The lowest BCUT2D eigenvalue weighted by molar-refractivity contribution is 0.401. The van der Waals surface area contributed by atoms with Crippen LogP contribution in [0.25, 0.3) is 0 Å². The number of nitrogens with two attached hydrogens (primary N) is 1. The Morgan fingerprint density at radius 3 is 2.53 bits per heavy atom. The second-order valence-corrected chi connectivity index (χ2v) is 5.40. The average molecular weight is 269 g/mol. The number of nitrogens with zero attached hydrogens (tertiary/aromatic N) is 1. The Labute approximate surface area is 99.6 Å². The van der Waals surface area contributed by atoms with Gasteiger partial charge in [0, 0.05) is 29.3 Å². The maximum Gasteiger partial charge on any atom is 0.0367 e. The smallest absolute Gasteiger partial charge is 0.0367 e. The van der Waals surface area contributed by atoms with Crippen LogP contribution in [-0.4, -0.2) is 19.1 Å². The van der Waals surface area contributed by atoms with E-state index in [9.17, 15) is 0 Å². The quantitative estimate of drug-likeness (QED) is 0.849. The molecular formula is C12H17BrN2. The van der Waals surface area contributed by atoms with Gasteiger partial charge >= 0.3 is 0 Å². The van der Waals surface area contributed by atoms with E-state index in [1.54, 1.807) is 0 Å². The summed E-state index contributed by atoms with van der Waals surface area (Å²) in [5, 5.41) is 0.